The van der Waals surface area contributed by atoms with E-state index in [0.717, 1.165) is 5.56 Å². The molecule has 1 fully saturated rings. The zero-order valence-corrected chi connectivity index (χ0v) is 17.2. The van der Waals surface area contributed by atoms with Gasteiger partial charge in [0.2, 0.25) is 11.8 Å². The smallest absolute Gasteiger partial charge is 0.337 e. The monoisotopic (exact) mass is 410 g/mol. The lowest BCUT2D eigenvalue weighted by molar-refractivity contribution is -0.121. The highest BCUT2D eigenvalue weighted by Gasteiger charge is 2.26. The minimum atomic E-state index is -0.419. The number of benzene rings is 1. The Balaban J connectivity index is 1.43. The van der Waals surface area contributed by atoms with Gasteiger partial charge in [-0.15, -0.1) is 0 Å². The molecule has 0 radical (unpaired) electrons. The lowest BCUT2D eigenvalue weighted by atomic mass is 9.96. The first-order valence-corrected chi connectivity index (χ1v) is 9.88. The third kappa shape index (κ3) is 5.87. The number of pyridine rings is 1. The Labute approximate surface area is 175 Å². The van der Waals surface area contributed by atoms with Crippen molar-refractivity contribution in [2.45, 2.75) is 19.8 Å². The Kier molecular flexibility index (Phi) is 7.13. The average Bonchev–Trinajstić information content (AvgIpc) is 2.74. The van der Waals surface area contributed by atoms with Gasteiger partial charge < -0.3 is 15.4 Å². The number of carbonyl (C=O) groups excluding carboxylic acids is 3. The summed E-state index contributed by atoms with van der Waals surface area (Å²) >= 11 is 0. The molecule has 30 heavy (non-hydrogen) atoms. The van der Waals surface area contributed by atoms with Crippen LogP contribution in [0, 0.1) is 12.8 Å². The second kappa shape index (κ2) is 9.98. The summed E-state index contributed by atoms with van der Waals surface area (Å²) in [6, 6.07) is 10.3. The number of ether oxygens (including phenoxy) is 1. The van der Waals surface area contributed by atoms with Crippen LogP contribution >= 0.6 is 0 Å². The molecule has 1 aliphatic rings. The predicted octanol–water partition coefficient (Wildman–Crippen LogP) is 2.47. The maximum atomic E-state index is 12.5. The molecule has 1 aliphatic heterocycles. The van der Waals surface area contributed by atoms with Crippen molar-refractivity contribution in [3.8, 4) is 0 Å². The van der Waals surface area contributed by atoms with Gasteiger partial charge in [-0.1, -0.05) is 0 Å². The third-order valence-corrected chi connectivity index (χ3v) is 5.08. The number of piperidine rings is 1. The molecule has 3 rings (SSSR count). The SMILES string of the molecule is COC(=O)c1ccc(NC(=O)CN2CCC(C(=O)Nc3cc(C)ccn3)CC2)cc1. The fraction of sp³-hybridized carbons (Fsp3) is 0.364. The highest BCUT2D eigenvalue weighted by molar-refractivity contribution is 5.94. The van der Waals surface area contributed by atoms with Gasteiger partial charge >= 0.3 is 5.97 Å². The number of carbonyl (C=O) groups is 3. The summed E-state index contributed by atoms with van der Waals surface area (Å²) in [7, 11) is 1.32. The van der Waals surface area contributed by atoms with Crippen LogP contribution in [0.25, 0.3) is 0 Å². The summed E-state index contributed by atoms with van der Waals surface area (Å²) in [5.74, 6) is -0.0916. The molecule has 158 valence electrons. The molecular weight excluding hydrogens is 384 g/mol. The van der Waals surface area contributed by atoms with Crippen LogP contribution in [0.2, 0.25) is 0 Å². The molecule has 2 N–H and O–H groups in total. The van der Waals surface area contributed by atoms with Crippen molar-refractivity contribution in [3.05, 3.63) is 53.7 Å². The molecule has 8 heteroatoms. The van der Waals surface area contributed by atoms with E-state index >= 15 is 0 Å². The number of esters is 1. The van der Waals surface area contributed by atoms with Gasteiger partial charge in [0.15, 0.2) is 0 Å². The summed E-state index contributed by atoms with van der Waals surface area (Å²) in [5.41, 5.74) is 2.09. The minimum absolute atomic E-state index is 0.0251. The number of nitrogens with zero attached hydrogens (tertiary/aromatic N) is 2. The van der Waals surface area contributed by atoms with E-state index in [1.807, 2.05) is 24.0 Å². The molecule has 0 unspecified atom stereocenters. The quantitative estimate of drug-likeness (QED) is 0.710. The van der Waals surface area contributed by atoms with Gasteiger partial charge in [-0.3, -0.25) is 14.5 Å². The Hall–Kier alpha value is -3.26. The number of rotatable bonds is 6. The summed E-state index contributed by atoms with van der Waals surface area (Å²) in [4.78, 5) is 42.4. The first-order chi connectivity index (χ1) is 14.4. The summed E-state index contributed by atoms with van der Waals surface area (Å²) < 4.78 is 4.66. The number of aryl methyl sites for hydroxylation is 1. The standard InChI is InChI=1S/C22H26N4O4/c1-15-7-10-23-19(13-15)25-21(28)16-8-11-26(12-9-16)14-20(27)24-18-5-3-17(4-6-18)22(29)30-2/h3-7,10,13,16H,8-9,11-12,14H2,1-2H3,(H,24,27)(H,23,25,28). The number of methoxy groups -OCH3 is 1. The molecule has 0 saturated carbocycles. The number of anilines is 2. The largest absolute Gasteiger partial charge is 0.465 e. The second-order valence-electron chi connectivity index (χ2n) is 7.38. The van der Waals surface area contributed by atoms with Crippen LogP contribution in [0.4, 0.5) is 11.5 Å². The molecule has 1 aromatic heterocycles. The maximum absolute atomic E-state index is 12.5. The Morgan fingerprint density at radius 2 is 1.80 bits per heavy atom. The normalized spacial score (nSPS) is 14.7. The third-order valence-electron chi connectivity index (χ3n) is 5.08. The number of amides is 2. The molecule has 1 aromatic carbocycles. The molecule has 0 aliphatic carbocycles. The van der Waals surface area contributed by atoms with Crippen LogP contribution < -0.4 is 10.6 Å². The van der Waals surface area contributed by atoms with Crippen molar-refractivity contribution in [1.29, 1.82) is 0 Å². The number of likely N-dealkylation sites (tertiary alicyclic amines) is 1. The first-order valence-electron chi connectivity index (χ1n) is 9.88. The van der Waals surface area contributed by atoms with Crippen LogP contribution in [-0.4, -0.2) is 54.4 Å². The van der Waals surface area contributed by atoms with Crippen LogP contribution in [-0.2, 0) is 14.3 Å². The van der Waals surface area contributed by atoms with Gasteiger partial charge in [0.05, 0.1) is 19.2 Å². The Bertz CT molecular complexity index is 906. The minimum Gasteiger partial charge on any atom is -0.465 e. The second-order valence-corrected chi connectivity index (χ2v) is 7.38. The van der Waals surface area contributed by atoms with E-state index in [-0.39, 0.29) is 24.3 Å². The molecule has 2 heterocycles. The summed E-state index contributed by atoms with van der Waals surface area (Å²) in [5, 5.41) is 5.70. The first kappa shape index (κ1) is 21.4. The van der Waals surface area contributed by atoms with E-state index in [1.165, 1.54) is 7.11 Å². The van der Waals surface area contributed by atoms with Crippen LogP contribution in [0.3, 0.4) is 0 Å². The molecule has 2 amide bonds. The lowest BCUT2D eigenvalue weighted by Gasteiger charge is -2.30. The van der Waals surface area contributed by atoms with Crippen molar-refractivity contribution < 1.29 is 19.1 Å². The number of aromatic nitrogens is 1. The number of nitrogens with one attached hydrogen (secondary N) is 2. The maximum Gasteiger partial charge on any atom is 0.337 e. The predicted molar refractivity (Wildman–Crippen MR) is 113 cm³/mol. The zero-order valence-electron chi connectivity index (χ0n) is 17.2. The van der Waals surface area contributed by atoms with Crippen LogP contribution in [0.1, 0.15) is 28.8 Å². The molecule has 0 atom stereocenters. The molecule has 2 aromatic rings. The van der Waals surface area contributed by atoms with E-state index in [4.69, 9.17) is 0 Å². The summed E-state index contributed by atoms with van der Waals surface area (Å²) in [6.45, 7) is 3.56. The van der Waals surface area contributed by atoms with Crippen molar-refractivity contribution in [1.82, 2.24) is 9.88 Å². The van der Waals surface area contributed by atoms with E-state index in [9.17, 15) is 14.4 Å². The van der Waals surface area contributed by atoms with E-state index in [2.05, 4.69) is 20.4 Å². The van der Waals surface area contributed by atoms with Gasteiger partial charge in [0, 0.05) is 17.8 Å². The Morgan fingerprint density at radius 3 is 2.43 bits per heavy atom. The van der Waals surface area contributed by atoms with E-state index < -0.39 is 5.97 Å². The van der Waals surface area contributed by atoms with Crippen molar-refractivity contribution in [3.63, 3.8) is 0 Å². The van der Waals surface area contributed by atoms with Crippen molar-refractivity contribution in [2.75, 3.05) is 37.4 Å². The molecule has 1 saturated heterocycles. The topological polar surface area (TPSA) is 101 Å². The van der Waals surface area contributed by atoms with Crippen LogP contribution in [0.5, 0.6) is 0 Å². The number of hydrogen-bond donors (Lipinski definition) is 2. The fourth-order valence-corrected chi connectivity index (χ4v) is 3.40. The number of hydrogen-bond acceptors (Lipinski definition) is 6. The molecule has 0 bridgehead atoms. The van der Waals surface area contributed by atoms with Gasteiger partial charge in [-0.05, 0) is 74.8 Å². The van der Waals surface area contributed by atoms with Gasteiger partial charge in [0.1, 0.15) is 5.82 Å². The highest BCUT2D eigenvalue weighted by atomic mass is 16.5. The van der Waals surface area contributed by atoms with E-state index in [0.29, 0.717) is 43.0 Å². The molecule has 8 nitrogen and oxygen atoms in total. The highest BCUT2D eigenvalue weighted by Crippen LogP contribution is 2.19. The van der Waals surface area contributed by atoms with Crippen LogP contribution in [0.15, 0.2) is 42.6 Å². The fourth-order valence-electron chi connectivity index (χ4n) is 3.40. The van der Waals surface area contributed by atoms with Gasteiger partial charge in [-0.2, -0.15) is 0 Å². The van der Waals surface area contributed by atoms with Crippen molar-refractivity contribution in [2.24, 2.45) is 5.92 Å². The van der Waals surface area contributed by atoms with Gasteiger partial charge in [-0.25, -0.2) is 9.78 Å². The molecule has 0 spiro atoms. The zero-order chi connectivity index (χ0) is 21.5. The average molecular weight is 410 g/mol. The van der Waals surface area contributed by atoms with Gasteiger partial charge in [0.25, 0.3) is 0 Å². The summed E-state index contributed by atoms with van der Waals surface area (Å²) in [6.07, 6.45) is 3.06. The van der Waals surface area contributed by atoms with E-state index in [1.54, 1.807) is 30.5 Å². The molecular formula is C22H26N4O4. The Morgan fingerprint density at radius 1 is 1.10 bits per heavy atom. The van der Waals surface area contributed by atoms with Crippen molar-refractivity contribution >= 4 is 29.3 Å². The lowest BCUT2D eigenvalue weighted by Crippen LogP contribution is -2.41.